The minimum atomic E-state index is -1.05. The molecule has 2 fully saturated rings. The van der Waals surface area contributed by atoms with Crippen molar-refractivity contribution in [2.24, 2.45) is 22.7 Å². The molecule has 2 unspecified atom stereocenters. The molecule has 292 valence electrons. The van der Waals surface area contributed by atoms with Crippen molar-refractivity contribution in [3.63, 3.8) is 0 Å². The Morgan fingerprint density at radius 1 is 0.830 bits per heavy atom. The molecular formula is C38H56N6O9. The van der Waals surface area contributed by atoms with Crippen LogP contribution < -0.4 is 26.6 Å². The SMILES string of the molecule is CC(C)C(=O)C1(COCNC(=O)CNC(=O)C(Cc2ccccc2)NC(=O)CNC(=O)CNC(=O)CCCCCN2C(=O)CC(C(C)(C)C)C2=O)CC1. The number of unbranched alkanes of at least 4 members (excludes halogenated alkanes) is 2. The molecule has 2 atom stereocenters. The van der Waals surface area contributed by atoms with Gasteiger partial charge in [-0.3, -0.25) is 43.3 Å². The van der Waals surface area contributed by atoms with Crippen molar-refractivity contribution in [3.05, 3.63) is 35.9 Å². The van der Waals surface area contributed by atoms with Crippen LogP contribution in [0.25, 0.3) is 0 Å². The van der Waals surface area contributed by atoms with E-state index in [0.717, 1.165) is 18.4 Å². The molecule has 5 N–H and O–H groups in total. The Balaban J connectivity index is 1.33. The summed E-state index contributed by atoms with van der Waals surface area (Å²) in [4.78, 5) is 101. The van der Waals surface area contributed by atoms with E-state index in [0.29, 0.717) is 25.8 Å². The molecule has 0 aromatic heterocycles. The Morgan fingerprint density at radius 3 is 2.08 bits per heavy atom. The van der Waals surface area contributed by atoms with E-state index in [1.807, 2.05) is 40.7 Å². The van der Waals surface area contributed by atoms with Crippen molar-refractivity contribution in [3.8, 4) is 0 Å². The molecule has 0 spiro atoms. The minimum Gasteiger partial charge on any atom is -0.360 e. The van der Waals surface area contributed by atoms with Gasteiger partial charge >= 0.3 is 0 Å². The third kappa shape index (κ3) is 14.0. The van der Waals surface area contributed by atoms with Gasteiger partial charge in [-0.1, -0.05) is 71.4 Å². The number of carbonyl (C=O) groups excluding carboxylic acids is 8. The molecule has 53 heavy (non-hydrogen) atoms. The second-order valence-electron chi connectivity index (χ2n) is 15.3. The Morgan fingerprint density at radius 2 is 1.45 bits per heavy atom. The van der Waals surface area contributed by atoms with Crippen molar-refractivity contribution in [1.82, 2.24) is 31.5 Å². The van der Waals surface area contributed by atoms with Crippen LogP contribution in [0.4, 0.5) is 0 Å². The highest BCUT2D eigenvalue weighted by atomic mass is 16.5. The number of hydrogen-bond donors (Lipinski definition) is 5. The second kappa shape index (κ2) is 20.0. The molecule has 1 saturated carbocycles. The zero-order chi connectivity index (χ0) is 39.2. The van der Waals surface area contributed by atoms with Crippen LogP contribution in [0.1, 0.15) is 85.1 Å². The third-order valence-corrected chi connectivity index (χ3v) is 9.48. The lowest BCUT2D eigenvalue weighted by Crippen LogP contribution is -2.52. The van der Waals surface area contributed by atoms with Crippen LogP contribution in [-0.4, -0.2) is 97.6 Å². The van der Waals surface area contributed by atoms with E-state index in [2.05, 4.69) is 26.6 Å². The number of carbonyl (C=O) groups is 8. The van der Waals surface area contributed by atoms with Crippen LogP contribution in [-0.2, 0) is 49.5 Å². The highest BCUT2D eigenvalue weighted by molar-refractivity contribution is 6.03. The van der Waals surface area contributed by atoms with E-state index in [1.54, 1.807) is 24.3 Å². The summed E-state index contributed by atoms with van der Waals surface area (Å²) < 4.78 is 5.52. The highest BCUT2D eigenvalue weighted by Crippen LogP contribution is 2.48. The fourth-order valence-corrected chi connectivity index (χ4v) is 6.10. The smallest absolute Gasteiger partial charge is 0.243 e. The standard InChI is InChI=1S/C38H56N6O9/c1-25(2)34(50)38(15-16-38)23-53-24-42-31(47)21-41-35(51)28(18-26-12-8-6-9-13-26)43-32(48)22-40-30(46)20-39-29(45)14-10-7-11-17-44-33(49)19-27(36(44)52)37(3,4)5/h6,8-9,12-13,25,27-28H,7,10-11,14-24H2,1-5H3,(H,39,45)(H,40,46)(H,41,51)(H,42,47)(H,43,48). The fraction of sp³-hybridized carbons (Fsp3) is 0.632. The van der Waals surface area contributed by atoms with Gasteiger partial charge in [0.2, 0.25) is 41.4 Å². The molecule has 0 radical (unpaired) electrons. The number of ketones is 1. The van der Waals surface area contributed by atoms with Crippen LogP contribution in [0.2, 0.25) is 0 Å². The summed E-state index contributed by atoms with van der Waals surface area (Å²) in [6.45, 7) is 8.78. The van der Waals surface area contributed by atoms with Gasteiger partial charge in [-0.05, 0) is 36.7 Å². The first-order valence-electron chi connectivity index (χ1n) is 18.4. The number of amides is 7. The van der Waals surface area contributed by atoms with E-state index in [4.69, 9.17) is 4.74 Å². The zero-order valence-corrected chi connectivity index (χ0v) is 31.6. The number of imide groups is 1. The summed E-state index contributed by atoms with van der Waals surface area (Å²) in [5.74, 6) is -3.29. The van der Waals surface area contributed by atoms with Crippen molar-refractivity contribution in [2.45, 2.75) is 92.0 Å². The normalized spacial score (nSPS) is 16.9. The molecule has 1 heterocycles. The number of nitrogens with one attached hydrogen (secondary N) is 5. The maximum atomic E-state index is 13.0. The van der Waals surface area contributed by atoms with Crippen LogP contribution in [0.5, 0.6) is 0 Å². The van der Waals surface area contributed by atoms with Crippen LogP contribution in [0.15, 0.2) is 30.3 Å². The molecule has 1 aromatic rings. The fourth-order valence-electron chi connectivity index (χ4n) is 6.10. The van der Waals surface area contributed by atoms with Gasteiger partial charge in [0.05, 0.1) is 37.6 Å². The molecule has 1 aromatic carbocycles. The molecule has 7 amide bonds. The number of hydrogen-bond acceptors (Lipinski definition) is 9. The average Bonchev–Trinajstić information content (AvgIpc) is 3.84. The van der Waals surface area contributed by atoms with Crippen molar-refractivity contribution in [2.75, 3.05) is 39.5 Å². The lowest BCUT2D eigenvalue weighted by molar-refractivity contribution is -0.140. The van der Waals surface area contributed by atoms with E-state index in [9.17, 15) is 38.4 Å². The minimum absolute atomic E-state index is 0.0926. The molecule has 15 heteroatoms. The van der Waals surface area contributed by atoms with Gasteiger partial charge in [0.1, 0.15) is 18.6 Å². The highest BCUT2D eigenvalue weighted by Gasteiger charge is 2.50. The van der Waals surface area contributed by atoms with Gasteiger partial charge in [-0.25, -0.2) is 0 Å². The number of likely N-dealkylation sites (tertiary alicyclic amines) is 1. The first kappa shape index (κ1) is 42.8. The first-order chi connectivity index (χ1) is 25.0. The monoisotopic (exact) mass is 740 g/mol. The third-order valence-electron chi connectivity index (χ3n) is 9.48. The lowest BCUT2D eigenvalue weighted by atomic mass is 9.80. The van der Waals surface area contributed by atoms with E-state index in [-0.39, 0.29) is 86.4 Å². The van der Waals surface area contributed by atoms with E-state index in [1.165, 1.54) is 4.90 Å². The topological polar surface area (TPSA) is 209 Å². The Hall–Kier alpha value is -4.66. The Bertz CT molecular complexity index is 1490. The maximum Gasteiger partial charge on any atom is 0.243 e. The largest absolute Gasteiger partial charge is 0.360 e. The lowest BCUT2D eigenvalue weighted by Gasteiger charge is -2.24. The predicted octanol–water partition coefficient (Wildman–Crippen LogP) is 1.14. The summed E-state index contributed by atoms with van der Waals surface area (Å²) in [5, 5.41) is 12.6. The first-order valence-corrected chi connectivity index (χ1v) is 18.4. The Kier molecular flexibility index (Phi) is 16.1. The summed E-state index contributed by atoms with van der Waals surface area (Å²) in [6, 6.07) is 7.91. The maximum absolute atomic E-state index is 13.0. The molecular weight excluding hydrogens is 684 g/mol. The number of rotatable bonds is 22. The number of nitrogens with zero attached hydrogens (tertiary/aromatic N) is 1. The molecule has 0 bridgehead atoms. The van der Waals surface area contributed by atoms with Crippen molar-refractivity contribution >= 4 is 47.1 Å². The number of Topliss-reactive ketones (excluding diaryl/α,β-unsaturated/α-hetero) is 1. The average molecular weight is 741 g/mol. The van der Waals surface area contributed by atoms with Crippen LogP contribution in [0.3, 0.4) is 0 Å². The molecule has 3 rings (SSSR count). The van der Waals surface area contributed by atoms with Crippen LogP contribution >= 0.6 is 0 Å². The summed E-state index contributed by atoms with van der Waals surface area (Å²) in [6.07, 6.45) is 3.74. The van der Waals surface area contributed by atoms with Gasteiger partial charge in [0, 0.05) is 31.7 Å². The predicted molar refractivity (Wildman–Crippen MR) is 194 cm³/mol. The van der Waals surface area contributed by atoms with Crippen molar-refractivity contribution in [1.29, 1.82) is 0 Å². The summed E-state index contributed by atoms with van der Waals surface area (Å²) in [5.41, 5.74) is 0.00509. The molecule has 1 aliphatic heterocycles. The molecule has 15 nitrogen and oxygen atoms in total. The van der Waals surface area contributed by atoms with Gasteiger partial charge < -0.3 is 31.3 Å². The summed E-state index contributed by atoms with van der Waals surface area (Å²) in [7, 11) is 0. The molecule has 2 aliphatic rings. The van der Waals surface area contributed by atoms with E-state index < -0.39 is 41.6 Å². The quantitative estimate of drug-likeness (QED) is 0.0655. The summed E-state index contributed by atoms with van der Waals surface area (Å²) >= 11 is 0. The van der Waals surface area contributed by atoms with Gasteiger partial charge in [-0.2, -0.15) is 0 Å². The number of benzene rings is 1. The number of ether oxygens (including phenoxy) is 1. The van der Waals surface area contributed by atoms with E-state index >= 15 is 0 Å². The molecule has 1 saturated heterocycles. The molecule has 1 aliphatic carbocycles. The van der Waals surface area contributed by atoms with Gasteiger partial charge in [0.15, 0.2) is 0 Å². The van der Waals surface area contributed by atoms with Crippen molar-refractivity contribution < 1.29 is 43.1 Å². The van der Waals surface area contributed by atoms with Gasteiger partial charge in [0.25, 0.3) is 0 Å². The van der Waals surface area contributed by atoms with Crippen LogP contribution in [0, 0.1) is 22.7 Å². The Labute approximate surface area is 311 Å². The second-order valence-corrected chi connectivity index (χ2v) is 15.3. The zero-order valence-electron chi connectivity index (χ0n) is 31.6. The van der Waals surface area contributed by atoms with Gasteiger partial charge in [-0.15, -0.1) is 0 Å².